The summed E-state index contributed by atoms with van der Waals surface area (Å²) in [6, 6.07) is 6.54. The minimum atomic E-state index is -3.58. The van der Waals surface area contributed by atoms with E-state index in [9.17, 15) is 13.5 Å². The quantitative estimate of drug-likeness (QED) is 0.866. The van der Waals surface area contributed by atoms with Crippen LogP contribution in [0.1, 0.15) is 32.6 Å². The minimum Gasteiger partial charge on any atom is -0.389 e. The van der Waals surface area contributed by atoms with Gasteiger partial charge in [-0.2, -0.15) is 0 Å². The lowest BCUT2D eigenvalue weighted by Crippen LogP contribution is -2.45. The zero-order valence-corrected chi connectivity index (χ0v) is 13.9. The molecule has 0 spiro atoms. The van der Waals surface area contributed by atoms with E-state index in [4.69, 9.17) is 0 Å². The van der Waals surface area contributed by atoms with Gasteiger partial charge in [0.2, 0.25) is 10.0 Å². The smallest absolute Gasteiger partial charge is 0.240 e. The van der Waals surface area contributed by atoms with Crippen molar-refractivity contribution in [1.29, 1.82) is 0 Å². The van der Waals surface area contributed by atoms with E-state index in [1.54, 1.807) is 24.3 Å². The molecule has 0 bridgehead atoms. The fourth-order valence-electron chi connectivity index (χ4n) is 2.74. The van der Waals surface area contributed by atoms with Gasteiger partial charge >= 0.3 is 0 Å². The fraction of sp³-hybridized carbons (Fsp3) is 0.571. The molecule has 1 aliphatic rings. The zero-order valence-electron chi connectivity index (χ0n) is 11.5. The first kappa shape index (κ1) is 15.9. The van der Waals surface area contributed by atoms with Crippen LogP contribution >= 0.6 is 15.9 Å². The Morgan fingerprint density at radius 1 is 1.50 bits per heavy atom. The van der Waals surface area contributed by atoms with Gasteiger partial charge in [-0.25, -0.2) is 13.1 Å². The van der Waals surface area contributed by atoms with Crippen LogP contribution in [0.25, 0.3) is 0 Å². The lowest BCUT2D eigenvalue weighted by molar-refractivity contribution is -0.00751. The van der Waals surface area contributed by atoms with E-state index in [0.29, 0.717) is 23.2 Å². The maximum atomic E-state index is 12.2. The maximum absolute atomic E-state index is 12.2. The Morgan fingerprint density at radius 3 is 2.90 bits per heavy atom. The molecule has 2 rings (SSSR count). The van der Waals surface area contributed by atoms with E-state index < -0.39 is 15.6 Å². The topological polar surface area (TPSA) is 66.4 Å². The molecule has 0 amide bonds. The van der Waals surface area contributed by atoms with Crippen LogP contribution in [0.3, 0.4) is 0 Å². The van der Waals surface area contributed by atoms with Crippen molar-refractivity contribution in [2.75, 3.05) is 6.54 Å². The van der Waals surface area contributed by atoms with E-state index in [1.807, 2.05) is 0 Å². The van der Waals surface area contributed by atoms with Crippen molar-refractivity contribution in [3.8, 4) is 0 Å². The Hall–Kier alpha value is -0.430. The van der Waals surface area contributed by atoms with Gasteiger partial charge in [0, 0.05) is 11.0 Å². The second kappa shape index (κ2) is 6.13. The lowest BCUT2D eigenvalue weighted by atomic mass is 9.79. The summed E-state index contributed by atoms with van der Waals surface area (Å²) in [6.45, 7) is 2.17. The maximum Gasteiger partial charge on any atom is 0.240 e. The van der Waals surface area contributed by atoms with Crippen molar-refractivity contribution in [3.05, 3.63) is 28.7 Å². The zero-order chi connectivity index (χ0) is 14.8. The van der Waals surface area contributed by atoms with Gasteiger partial charge in [-0.15, -0.1) is 0 Å². The van der Waals surface area contributed by atoms with Crippen LogP contribution in [0.15, 0.2) is 33.6 Å². The van der Waals surface area contributed by atoms with Gasteiger partial charge in [0.15, 0.2) is 0 Å². The van der Waals surface area contributed by atoms with Gasteiger partial charge in [0.05, 0.1) is 10.5 Å². The van der Waals surface area contributed by atoms with Gasteiger partial charge in [-0.1, -0.05) is 41.8 Å². The highest BCUT2D eigenvalue weighted by molar-refractivity contribution is 9.10. The molecule has 6 heteroatoms. The number of sulfonamides is 1. The molecular formula is C14H20BrNO3S. The highest BCUT2D eigenvalue weighted by atomic mass is 79.9. The second-order valence-electron chi connectivity index (χ2n) is 5.71. The van der Waals surface area contributed by atoms with Crippen molar-refractivity contribution in [1.82, 2.24) is 4.72 Å². The van der Waals surface area contributed by atoms with Crippen LogP contribution in [0, 0.1) is 5.92 Å². The van der Waals surface area contributed by atoms with Crippen LogP contribution in [-0.4, -0.2) is 25.7 Å². The molecule has 2 unspecified atom stereocenters. The van der Waals surface area contributed by atoms with Crippen molar-refractivity contribution in [2.24, 2.45) is 5.92 Å². The first-order valence-corrected chi connectivity index (χ1v) is 9.06. The molecular weight excluding hydrogens is 342 g/mol. The highest BCUT2D eigenvalue weighted by Gasteiger charge is 2.33. The van der Waals surface area contributed by atoms with Gasteiger partial charge < -0.3 is 5.11 Å². The number of halogens is 1. The van der Waals surface area contributed by atoms with Crippen LogP contribution in [-0.2, 0) is 10.0 Å². The normalized spacial score (nSPS) is 27.4. The highest BCUT2D eigenvalue weighted by Crippen LogP contribution is 2.32. The van der Waals surface area contributed by atoms with E-state index >= 15 is 0 Å². The minimum absolute atomic E-state index is 0.0756. The summed E-state index contributed by atoms with van der Waals surface area (Å²) < 4.78 is 27.7. The Labute approximate surface area is 128 Å². The van der Waals surface area contributed by atoms with Crippen molar-refractivity contribution < 1.29 is 13.5 Å². The van der Waals surface area contributed by atoms with E-state index in [2.05, 4.69) is 27.6 Å². The molecule has 0 aliphatic heterocycles. The number of hydrogen-bond acceptors (Lipinski definition) is 3. The van der Waals surface area contributed by atoms with E-state index in [1.165, 1.54) is 0 Å². The molecule has 20 heavy (non-hydrogen) atoms. The Bertz CT molecular complexity index is 576. The van der Waals surface area contributed by atoms with Crippen molar-refractivity contribution >= 4 is 26.0 Å². The molecule has 1 aromatic carbocycles. The van der Waals surface area contributed by atoms with Gasteiger partial charge in [0.1, 0.15) is 0 Å². The summed E-state index contributed by atoms with van der Waals surface area (Å²) in [4.78, 5) is 0.208. The average molecular weight is 362 g/mol. The third-order valence-electron chi connectivity index (χ3n) is 3.77. The molecule has 2 N–H and O–H groups in total. The Kier molecular flexibility index (Phi) is 4.89. The third kappa shape index (κ3) is 4.04. The summed E-state index contributed by atoms with van der Waals surface area (Å²) in [5.41, 5.74) is -0.920. The van der Waals surface area contributed by atoms with Crippen LogP contribution in [0.4, 0.5) is 0 Å². The number of aliphatic hydroxyl groups is 1. The number of benzene rings is 1. The predicted molar refractivity (Wildman–Crippen MR) is 81.9 cm³/mol. The molecule has 2 atom stereocenters. The fourth-order valence-corrected chi connectivity index (χ4v) is 4.46. The predicted octanol–water partition coefficient (Wildman–Crippen LogP) is 2.67. The summed E-state index contributed by atoms with van der Waals surface area (Å²) in [6.07, 6.45) is 3.34. The molecule has 0 saturated heterocycles. The number of hydrogen-bond donors (Lipinski definition) is 2. The van der Waals surface area contributed by atoms with Gasteiger partial charge in [0.25, 0.3) is 0 Å². The average Bonchev–Trinajstić information content (AvgIpc) is 2.37. The van der Waals surface area contributed by atoms with Gasteiger partial charge in [-0.3, -0.25) is 0 Å². The summed E-state index contributed by atoms with van der Waals surface area (Å²) >= 11 is 3.26. The van der Waals surface area contributed by atoms with Gasteiger partial charge in [-0.05, 0) is 37.0 Å². The Morgan fingerprint density at radius 2 is 2.25 bits per heavy atom. The first-order valence-electron chi connectivity index (χ1n) is 6.78. The molecule has 1 aromatic rings. The van der Waals surface area contributed by atoms with Crippen molar-refractivity contribution in [3.63, 3.8) is 0 Å². The standard InChI is InChI=1S/C14H20BrNO3S/c1-11-4-3-7-14(17,9-11)10-16-20(18,19)13-6-2-5-12(15)8-13/h2,5-6,8,11,16-17H,3-4,7,9-10H2,1H3. The summed E-state index contributed by atoms with van der Waals surface area (Å²) in [7, 11) is -3.58. The molecule has 0 heterocycles. The Balaban J connectivity index is 2.06. The molecule has 4 nitrogen and oxygen atoms in total. The summed E-state index contributed by atoms with van der Waals surface area (Å²) in [5, 5.41) is 10.5. The molecule has 1 aliphatic carbocycles. The molecule has 1 saturated carbocycles. The van der Waals surface area contributed by atoms with Crippen LogP contribution < -0.4 is 4.72 Å². The molecule has 1 fully saturated rings. The lowest BCUT2D eigenvalue weighted by Gasteiger charge is -2.35. The SMILES string of the molecule is CC1CCCC(O)(CNS(=O)(=O)c2cccc(Br)c2)C1. The largest absolute Gasteiger partial charge is 0.389 e. The first-order chi connectivity index (χ1) is 9.31. The molecule has 112 valence electrons. The third-order valence-corrected chi connectivity index (χ3v) is 5.66. The van der Waals surface area contributed by atoms with Crippen LogP contribution in [0.5, 0.6) is 0 Å². The second-order valence-corrected chi connectivity index (χ2v) is 8.39. The van der Waals surface area contributed by atoms with Crippen molar-refractivity contribution in [2.45, 2.75) is 43.1 Å². The van der Waals surface area contributed by atoms with E-state index in [0.717, 1.165) is 12.8 Å². The number of rotatable bonds is 4. The van der Waals surface area contributed by atoms with Crippen LogP contribution in [0.2, 0.25) is 0 Å². The molecule has 0 aromatic heterocycles. The summed E-state index contributed by atoms with van der Waals surface area (Å²) in [5.74, 6) is 0.434. The number of nitrogens with one attached hydrogen (secondary N) is 1. The molecule has 0 radical (unpaired) electrons. The monoisotopic (exact) mass is 361 g/mol. The van der Waals surface area contributed by atoms with E-state index in [-0.39, 0.29) is 11.4 Å².